The molecular weight excluding hydrogens is 392 g/mol. The maximum absolute atomic E-state index is 13.6. The second-order valence-electron chi connectivity index (χ2n) is 9.10. The molecule has 0 aliphatic carbocycles. The van der Waals surface area contributed by atoms with Crippen LogP contribution in [-0.2, 0) is 9.53 Å². The Morgan fingerprint density at radius 1 is 1.26 bits per heavy atom. The highest BCUT2D eigenvalue weighted by Gasteiger charge is 2.44. The van der Waals surface area contributed by atoms with Gasteiger partial charge in [-0.3, -0.25) is 19.7 Å². The van der Waals surface area contributed by atoms with Crippen LogP contribution in [0.4, 0.5) is 0 Å². The molecule has 8 heteroatoms. The molecule has 31 heavy (non-hydrogen) atoms. The standard InChI is InChI=1S/C23H32N6O2/c1-23(2,28-12-8-17(15-28)31-3)21(29-16-26-19-14-25-9-7-20(19)29)18(13-24)22(30)27-10-5-4-6-11-27/h7,9,16-17,19H,4-6,8,10-12,14-15H2,1-3H3/t17-,19?/m1/s1. The Labute approximate surface area is 184 Å². The lowest BCUT2D eigenvalue weighted by Gasteiger charge is -2.42. The van der Waals surface area contributed by atoms with Gasteiger partial charge in [-0.15, -0.1) is 0 Å². The number of likely N-dealkylation sites (tertiary alicyclic amines) is 2. The predicted octanol–water partition coefficient (Wildman–Crippen LogP) is 1.96. The quantitative estimate of drug-likeness (QED) is 0.498. The van der Waals surface area contributed by atoms with E-state index in [0.717, 1.165) is 44.5 Å². The van der Waals surface area contributed by atoms with Crippen molar-refractivity contribution in [1.29, 1.82) is 5.26 Å². The summed E-state index contributed by atoms with van der Waals surface area (Å²) in [5.41, 5.74) is 1.33. The summed E-state index contributed by atoms with van der Waals surface area (Å²) in [6, 6.07) is 2.23. The van der Waals surface area contributed by atoms with Gasteiger partial charge in [0.1, 0.15) is 17.7 Å². The van der Waals surface area contributed by atoms with Crippen LogP contribution in [0, 0.1) is 11.3 Å². The maximum atomic E-state index is 13.6. The number of hydrogen-bond donors (Lipinski definition) is 0. The minimum Gasteiger partial charge on any atom is -0.380 e. The number of rotatable bonds is 5. The molecule has 2 saturated heterocycles. The second kappa shape index (κ2) is 8.93. The molecule has 0 radical (unpaired) electrons. The van der Waals surface area contributed by atoms with E-state index in [0.29, 0.717) is 25.3 Å². The highest BCUT2D eigenvalue weighted by atomic mass is 16.5. The van der Waals surface area contributed by atoms with Gasteiger partial charge in [-0.2, -0.15) is 5.26 Å². The van der Waals surface area contributed by atoms with E-state index in [2.05, 4.69) is 34.8 Å². The number of methoxy groups -OCH3 is 1. The number of amides is 1. The van der Waals surface area contributed by atoms with Crippen molar-refractivity contribution < 1.29 is 9.53 Å². The van der Waals surface area contributed by atoms with Gasteiger partial charge in [-0.05, 0) is 45.6 Å². The minimum atomic E-state index is -0.555. The van der Waals surface area contributed by atoms with Crippen molar-refractivity contribution >= 4 is 18.5 Å². The van der Waals surface area contributed by atoms with Crippen LogP contribution in [0.15, 0.2) is 33.0 Å². The van der Waals surface area contributed by atoms with E-state index in [1.165, 1.54) is 0 Å². The summed E-state index contributed by atoms with van der Waals surface area (Å²) in [7, 11) is 1.74. The van der Waals surface area contributed by atoms with E-state index in [1.807, 2.05) is 15.9 Å². The van der Waals surface area contributed by atoms with Gasteiger partial charge in [0.25, 0.3) is 5.91 Å². The third-order valence-corrected chi connectivity index (χ3v) is 6.91. The Balaban J connectivity index is 1.78. The van der Waals surface area contributed by atoms with Gasteiger partial charge in [0.15, 0.2) is 0 Å². The average Bonchev–Trinajstić information content (AvgIpc) is 3.45. The number of nitriles is 1. The number of nitrogens with zero attached hydrogens (tertiary/aromatic N) is 6. The summed E-state index contributed by atoms with van der Waals surface area (Å²) >= 11 is 0. The topological polar surface area (TPSA) is 84.5 Å². The van der Waals surface area contributed by atoms with Crippen LogP contribution in [0.25, 0.3) is 0 Å². The number of fused-ring (bicyclic) bond motifs is 1. The summed E-state index contributed by atoms with van der Waals surface area (Å²) in [5, 5.41) is 10.2. The molecule has 166 valence electrons. The Morgan fingerprint density at radius 3 is 2.71 bits per heavy atom. The summed E-state index contributed by atoms with van der Waals surface area (Å²) in [6.45, 7) is 7.81. The zero-order valence-electron chi connectivity index (χ0n) is 18.8. The van der Waals surface area contributed by atoms with E-state index in [-0.39, 0.29) is 23.6 Å². The van der Waals surface area contributed by atoms with Gasteiger partial charge < -0.3 is 14.5 Å². The van der Waals surface area contributed by atoms with Crippen LogP contribution in [-0.4, -0.2) is 90.7 Å². The van der Waals surface area contributed by atoms with Gasteiger partial charge >= 0.3 is 0 Å². The fourth-order valence-electron chi connectivity index (χ4n) is 5.02. The average molecular weight is 425 g/mol. The summed E-state index contributed by atoms with van der Waals surface area (Å²) in [6.07, 6.45) is 9.69. The van der Waals surface area contributed by atoms with E-state index in [9.17, 15) is 10.1 Å². The normalized spacial score (nSPS) is 27.1. The molecule has 2 atom stereocenters. The van der Waals surface area contributed by atoms with E-state index in [4.69, 9.17) is 4.74 Å². The molecule has 0 aromatic carbocycles. The zero-order valence-corrected chi connectivity index (χ0v) is 18.8. The molecule has 0 aromatic rings. The largest absolute Gasteiger partial charge is 0.380 e. The zero-order chi connectivity index (χ0) is 22.0. The molecule has 1 amide bonds. The molecule has 0 bridgehead atoms. The minimum absolute atomic E-state index is 0.0638. The fraction of sp³-hybridized carbons (Fsp3) is 0.652. The molecule has 0 spiro atoms. The first kappa shape index (κ1) is 21.7. The van der Waals surface area contributed by atoms with Crippen LogP contribution in [0.3, 0.4) is 0 Å². The van der Waals surface area contributed by atoms with Crippen molar-refractivity contribution in [1.82, 2.24) is 14.7 Å². The highest BCUT2D eigenvalue weighted by Crippen LogP contribution is 2.37. The first-order valence-electron chi connectivity index (χ1n) is 11.2. The first-order valence-corrected chi connectivity index (χ1v) is 11.2. The van der Waals surface area contributed by atoms with Gasteiger partial charge in [-0.25, -0.2) is 0 Å². The predicted molar refractivity (Wildman–Crippen MR) is 120 cm³/mol. The lowest BCUT2D eigenvalue weighted by Crippen LogP contribution is -2.50. The number of aliphatic imine (C=N–C) groups is 2. The smallest absolute Gasteiger partial charge is 0.266 e. The van der Waals surface area contributed by atoms with Crippen molar-refractivity contribution in [3.63, 3.8) is 0 Å². The number of piperidine rings is 1. The van der Waals surface area contributed by atoms with Crippen molar-refractivity contribution in [3.8, 4) is 6.07 Å². The number of carbonyl (C=O) groups is 1. The van der Waals surface area contributed by atoms with Crippen LogP contribution >= 0.6 is 0 Å². The van der Waals surface area contributed by atoms with E-state index < -0.39 is 5.54 Å². The SMILES string of the molecule is CO[C@@H]1CCN(C(C)(C)C(=C(C#N)C(=O)N2CCCCC2)N2C=NC3CN=CC=C32)C1. The number of hydrogen-bond acceptors (Lipinski definition) is 7. The molecule has 0 N–H and O–H groups in total. The highest BCUT2D eigenvalue weighted by molar-refractivity contribution is 5.99. The molecule has 0 saturated carbocycles. The Kier molecular flexibility index (Phi) is 6.26. The van der Waals surface area contributed by atoms with Crippen molar-refractivity contribution in [2.45, 2.75) is 57.2 Å². The Morgan fingerprint density at radius 2 is 2.03 bits per heavy atom. The third kappa shape index (κ3) is 4.04. The molecule has 8 nitrogen and oxygen atoms in total. The third-order valence-electron chi connectivity index (χ3n) is 6.91. The van der Waals surface area contributed by atoms with Crippen molar-refractivity contribution in [2.24, 2.45) is 9.98 Å². The van der Waals surface area contributed by atoms with Crippen LogP contribution in [0.5, 0.6) is 0 Å². The summed E-state index contributed by atoms with van der Waals surface area (Å²) < 4.78 is 5.59. The van der Waals surface area contributed by atoms with Gasteiger partial charge in [-0.1, -0.05) is 0 Å². The molecular formula is C23H32N6O2. The Hall–Kier alpha value is -2.50. The van der Waals surface area contributed by atoms with Crippen LogP contribution in [0.1, 0.15) is 39.5 Å². The van der Waals surface area contributed by atoms with Gasteiger partial charge in [0.2, 0.25) is 0 Å². The number of carbonyl (C=O) groups excluding carboxylic acids is 1. The molecule has 4 heterocycles. The molecule has 4 aliphatic rings. The molecule has 0 aromatic heterocycles. The van der Waals surface area contributed by atoms with Gasteiger partial charge in [0, 0.05) is 39.5 Å². The number of allylic oxidation sites excluding steroid dienone is 1. The van der Waals surface area contributed by atoms with E-state index >= 15 is 0 Å². The number of ether oxygens (including phenoxy) is 1. The lowest BCUT2D eigenvalue weighted by molar-refractivity contribution is -0.127. The summed E-state index contributed by atoms with van der Waals surface area (Å²) in [5.74, 6) is -0.172. The Bertz CT molecular complexity index is 875. The lowest BCUT2D eigenvalue weighted by atomic mass is 9.91. The summed E-state index contributed by atoms with van der Waals surface area (Å²) in [4.78, 5) is 28.6. The van der Waals surface area contributed by atoms with Crippen LogP contribution in [0.2, 0.25) is 0 Å². The fourth-order valence-corrected chi connectivity index (χ4v) is 5.02. The van der Waals surface area contributed by atoms with E-state index in [1.54, 1.807) is 19.7 Å². The monoisotopic (exact) mass is 424 g/mol. The van der Waals surface area contributed by atoms with Gasteiger partial charge in [0.05, 0.1) is 35.9 Å². The molecule has 2 fully saturated rings. The molecule has 4 rings (SSSR count). The number of dihydropyridines is 1. The second-order valence-corrected chi connectivity index (χ2v) is 9.10. The molecule has 4 aliphatic heterocycles. The first-order chi connectivity index (χ1) is 15.0. The maximum Gasteiger partial charge on any atom is 0.266 e. The molecule has 1 unspecified atom stereocenters. The van der Waals surface area contributed by atoms with Crippen molar-refractivity contribution in [2.75, 3.05) is 39.8 Å². The van der Waals surface area contributed by atoms with Crippen LogP contribution < -0.4 is 0 Å². The van der Waals surface area contributed by atoms with Crippen molar-refractivity contribution in [3.05, 3.63) is 23.0 Å².